The molecule has 1 aliphatic rings. The number of nitrogens with two attached hydrogens (primary N) is 1. The normalized spacial score (nSPS) is 27.0. The summed E-state index contributed by atoms with van der Waals surface area (Å²) in [5, 5.41) is 0. The Balaban J connectivity index is 2.02. The van der Waals surface area contributed by atoms with Crippen LogP contribution in [-0.2, 0) is 0 Å². The average Bonchev–Trinajstić information content (AvgIpc) is 2.46. The van der Waals surface area contributed by atoms with E-state index in [-0.39, 0.29) is 5.54 Å². The Morgan fingerprint density at radius 3 is 2.19 bits per heavy atom. The van der Waals surface area contributed by atoms with Crippen molar-refractivity contribution in [3.8, 4) is 0 Å². The van der Waals surface area contributed by atoms with Gasteiger partial charge in [-0.2, -0.15) is 0 Å². The topological polar surface area (TPSA) is 29.3 Å². The maximum Gasteiger partial charge on any atom is 0.0329 e. The Labute approximate surface area is 130 Å². The maximum absolute atomic E-state index is 6.20. The zero-order valence-electron chi connectivity index (χ0n) is 14.2. The van der Waals surface area contributed by atoms with Gasteiger partial charge in [0.2, 0.25) is 0 Å². The minimum Gasteiger partial charge on any atom is -0.329 e. The van der Waals surface area contributed by atoms with Crippen LogP contribution in [0, 0.1) is 5.41 Å². The van der Waals surface area contributed by atoms with Gasteiger partial charge in [-0.05, 0) is 49.6 Å². The minimum absolute atomic E-state index is 0.207. The molecule has 1 aromatic rings. The second-order valence-corrected chi connectivity index (χ2v) is 8.03. The lowest BCUT2D eigenvalue weighted by atomic mass is 9.73. The monoisotopic (exact) mass is 288 g/mol. The molecule has 2 N–H and O–H groups in total. The van der Waals surface area contributed by atoms with E-state index in [0.29, 0.717) is 11.3 Å². The fraction of sp³-hybridized carbons (Fsp3) is 0.684. The third kappa shape index (κ3) is 4.08. The highest BCUT2D eigenvalue weighted by molar-refractivity contribution is 5.20. The molecule has 2 heteroatoms. The molecule has 21 heavy (non-hydrogen) atoms. The van der Waals surface area contributed by atoms with E-state index in [1.54, 1.807) is 0 Å². The Morgan fingerprint density at radius 2 is 1.71 bits per heavy atom. The molecule has 1 aromatic carbocycles. The van der Waals surface area contributed by atoms with E-state index in [0.717, 1.165) is 13.1 Å². The van der Waals surface area contributed by atoms with Crippen LogP contribution >= 0.6 is 0 Å². The Hall–Kier alpha value is -0.860. The molecule has 0 bridgehead atoms. The zero-order valence-corrected chi connectivity index (χ0v) is 14.2. The van der Waals surface area contributed by atoms with Crippen molar-refractivity contribution in [3.05, 3.63) is 35.9 Å². The van der Waals surface area contributed by atoms with Crippen LogP contribution < -0.4 is 5.73 Å². The molecule has 0 radical (unpaired) electrons. The van der Waals surface area contributed by atoms with Crippen LogP contribution in [0.15, 0.2) is 30.3 Å². The SMILES string of the molecule is CN(CC(C)(C)C)C1(CN)CCC(c2ccccc2)CC1. The third-order valence-electron chi connectivity index (χ3n) is 5.09. The summed E-state index contributed by atoms with van der Waals surface area (Å²) in [6.45, 7) is 8.82. The van der Waals surface area contributed by atoms with Gasteiger partial charge in [0.25, 0.3) is 0 Å². The lowest BCUT2D eigenvalue weighted by Gasteiger charge is -2.48. The predicted octanol–water partition coefficient (Wildman–Crippen LogP) is 4.02. The van der Waals surface area contributed by atoms with Crippen molar-refractivity contribution in [2.75, 3.05) is 20.1 Å². The summed E-state index contributed by atoms with van der Waals surface area (Å²) in [5.41, 5.74) is 8.24. The van der Waals surface area contributed by atoms with Gasteiger partial charge in [-0.25, -0.2) is 0 Å². The van der Waals surface area contributed by atoms with E-state index in [1.165, 1.54) is 31.2 Å². The van der Waals surface area contributed by atoms with Crippen LogP contribution in [0.3, 0.4) is 0 Å². The molecule has 1 aliphatic carbocycles. The number of rotatable bonds is 4. The van der Waals surface area contributed by atoms with Gasteiger partial charge >= 0.3 is 0 Å². The van der Waals surface area contributed by atoms with Crippen LogP contribution in [0.4, 0.5) is 0 Å². The summed E-state index contributed by atoms with van der Waals surface area (Å²) >= 11 is 0. The van der Waals surface area contributed by atoms with Crippen LogP contribution in [0.5, 0.6) is 0 Å². The van der Waals surface area contributed by atoms with Crippen molar-refractivity contribution in [3.63, 3.8) is 0 Å². The largest absolute Gasteiger partial charge is 0.329 e. The first-order chi connectivity index (χ1) is 9.86. The van der Waals surface area contributed by atoms with Crippen LogP contribution in [0.2, 0.25) is 0 Å². The van der Waals surface area contributed by atoms with E-state index in [9.17, 15) is 0 Å². The molecular weight excluding hydrogens is 256 g/mol. The minimum atomic E-state index is 0.207. The fourth-order valence-corrected chi connectivity index (χ4v) is 3.83. The number of likely N-dealkylation sites (N-methyl/N-ethyl adjacent to an activating group) is 1. The first-order valence-corrected chi connectivity index (χ1v) is 8.33. The van der Waals surface area contributed by atoms with Gasteiger partial charge in [0, 0.05) is 18.6 Å². The molecule has 0 aromatic heterocycles. The van der Waals surface area contributed by atoms with Crippen molar-refractivity contribution in [1.29, 1.82) is 0 Å². The number of nitrogens with zero attached hydrogens (tertiary/aromatic N) is 1. The maximum atomic E-state index is 6.20. The van der Waals surface area contributed by atoms with Crippen molar-refractivity contribution in [1.82, 2.24) is 4.90 Å². The summed E-state index contributed by atoms with van der Waals surface area (Å²) in [6.07, 6.45) is 4.96. The summed E-state index contributed by atoms with van der Waals surface area (Å²) in [5.74, 6) is 0.717. The van der Waals surface area contributed by atoms with Crippen molar-refractivity contribution >= 4 is 0 Å². The molecule has 2 rings (SSSR count). The average molecular weight is 288 g/mol. The summed E-state index contributed by atoms with van der Waals surface area (Å²) in [6, 6.07) is 11.0. The lowest BCUT2D eigenvalue weighted by Crippen LogP contribution is -2.55. The Kier molecular flexibility index (Phi) is 5.11. The molecule has 0 heterocycles. The standard InChI is InChI=1S/C19H32N2/c1-18(2,3)15-21(4)19(14-20)12-10-17(11-13-19)16-8-6-5-7-9-16/h5-9,17H,10-15,20H2,1-4H3. The van der Waals surface area contributed by atoms with E-state index in [1.807, 2.05) is 0 Å². The smallest absolute Gasteiger partial charge is 0.0329 e. The second kappa shape index (κ2) is 6.50. The molecule has 1 fully saturated rings. The fourth-order valence-electron chi connectivity index (χ4n) is 3.83. The van der Waals surface area contributed by atoms with E-state index in [2.05, 4.69) is 63.1 Å². The summed E-state index contributed by atoms with van der Waals surface area (Å²) in [4.78, 5) is 2.54. The van der Waals surface area contributed by atoms with Crippen LogP contribution in [0.25, 0.3) is 0 Å². The third-order valence-corrected chi connectivity index (χ3v) is 5.09. The quantitative estimate of drug-likeness (QED) is 0.906. The van der Waals surface area contributed by atoms with E-state index < -0.39 is 0 Å². The molecule has 0 saturated heterocycles. The van der Waals surface area contributed by atoms with E-state index >= 15 is 0 Å². The molecule has 0 aliphatic heterocycles. The van der Waals surface area contributed by atoms with Crippen LogP contribution in [-0.4, -0.2) is 30.6 Å². The number of hydrogen-bond donors (Lipinski definition) is 1. The first kappa shape index (κ1) is 16.5. The number of benzene rings is 1. The van der Waals surface area contributed by atoms with Gasteiger partial charge in [0.15, 0.2) is 0 Å². The Bertz CT molecular complexity index is 425. The molecular formula is C19H32N2. The van der Waals surface area contributed by atoms with E-state index in [4.69, 9.17) is 5.73 Å². The predicted molar refractivity (Wildman–Crippen MR) is 91.5 cm³/mol. The van der Waals surface area contributed by atoms with Gasteiger partial charge in [-0.15, -0.1) is 0 Å². The van der Waals surface area contributed by atoms with Gasteiger partial charge in [0.05, 0.1) is 0 Å². The highest BCUT2D eigenvalue weighted by atomic mass is 15.2. The highest BCUT2D eigenvalue weighted by Gasteiger charge is 2.38. The molecule has 0 unspecified atom stereocenters. The second-order valence-electron chi connectivity index (χ2n) is 8.03. The van der Waals surface area contributed by atoms with Gasteiger partial charge in [0.1, 0.15) is 0 Å². The van der Waals surface area contributed by atoms with Gasteiger partial charge < -0.3 is 5.73 Å². The Morgan fingerprint density at radius 1 is 1.14 bits per heavy atom. The number of hydrogen-bond acceptors (Lipinski definition) is 2. The molecule has 0 atom stereocenters. The lowest BCUT2D eigenvalue weighted by molar-refractivity contribution is 0.0485. The van der Waals surface area contributed by atoms with Gasteiger partial charge in [-0.1, -0.05) is 51.1 Å². The van der Waals surface area contributed by atoms with Crippen LogP contribution in [0.1, 0.15) is 57.9 Å². The summed E-state index contributed by atoms with van der Waals surface area (Å²) < 4.78 is 0. The summed E-state index contributed by atoms with van der Waals surface area (Å²) in [7, 11) is 2.26. The first-order valence-electron chi connectivity index (χ1n) is 8.33. The van der Waals surface area contributed by atoms with Crippen molar-refractivity contribution in [2.24, 2.45) is 11.1 Å². The molecule has 1 saturated carbocycles. The molecule has 118 valence electrons. The van der Waals surface area contributed by atoms with Gasteiger partial charge in [-0.3, -0.25) is 4.90 Å². The van der Waals surface area contributed by atoms with Crippen molar-refractivity contribution in [2.45, 2.75) is 57.9 Å². The molecule has 0 amide bonds. The zero-order chi connectivity index (χ0) is 15.5. The highest BCUT2D eigenvalue weighted by Crippen LogP contribution is 2.40. The van der Waals surface area contributed by atoms with Crippen molar-refractivity contribution < 1.29 is 0 Å². The molecule has 2 nitrogen and oxygen atoms in total. The molecule has 0 spiro atoms.